The molecule has 0 amide bonds. The normalized spacial score (nSPS) is 14.6. The van der Waals surface area contributed by atoms with Gasteiger partial charge in [0.25, 0.3) is 0 Å². The minimum Gasteiger partial charge on any atom is -0.496 e. The van der Waals surface area contributed by atoms with E-state index in [1.54, 1.807) is 31.4 Å². The highest BCUT2D eigenvalue weighted by molar-refractivity contribution is 7.91. The summed E-state index contributed by atoms with van der Waals surface area (Å²) >= 11 is 0. The molecule has 0 atom stereocenters. The molecule has 0 spiro atoms. The van der Waals surface area contributed by atoms with Crippen LogP contribution in [0.5, 0.6) is 11.5 Å². The number of rotatable bonds is 10. The molecule has 0 unspecified atom stereocenters. The van der Waals surface area contributed by atoms with Crippen molar-refractivity contribution in [1.29, 1.82) is 0 Å². The molecule has 41 heavy (non-hydrogen) atoms. The zero-order valence-corrected chi connectivity index (χ0v) is 25.6. The summed E-state index contributed by atoms with van der Waals surface area (Å²) in [6, 6.07) is 17.4. The highest BCUT2D eigenvalue weighted by Crippen LogP contribution is 2.39. The number of methoxy groups -OCH3 is 1. The van der Waals surface area contributed by atoms with Gasteiger partial charge in [-0.15, -0.1) is 0 Å². The van der Waals surface area contributed by atoms with E-state index in [9.17, 15) is 8.42 Å². The first-order valence-electron chi connectivity index (χ1n) is 14.4. The fraction of sp³-hybridized carbons (Fsp3) is 0.394. The van der Waals surface area contributed by atoms with E-state index < -0.39 is 9.84 Å². The first-order chi connectivity index (χ1) is 19.7. The van der Waals surface area contributed by atoms with Crippen molar-refractivity contribution >= 4 is 21.0 Å². The molecule has 1 fully saturated rings. The van der Waals surface area contributed by atoms with Gasteiger partial charge in [-0.2, -0.15) is 0 Å². The fourth-order valence-electron chi connectivity index (χ4n) is 5.85. The van der Waals surface area contributed by atoms with Crippen molar-refractivity contribution in [2.45, 2.75) is 49.8 Å². The monoisotopic (exact) mass is 575 g/mol. The quantitative estimate of drug-likeness (QED) is 0.213. The van der Waals surface area contributed by atoms with Gasteiger partial charge in [-0.25, -0.2) is 8.42 Å². The molecule has 0 bridgehead atoms. The molecule has 1 aliphatic heterocycles. The summed E-state index contributed by atoms with van der Waals surface area (Å²) in [5.74, 6) is 1.43. The van der Waals surface area contributed by atoms with Gasteiger partial charge in [-0.3, -0.25) is 4.90 Å². The van der Waals surface area contributed by atoms with Gasteiger partial charge < -0.3 is 18.8 Å². The number of sulfone groups is 1. The number of aryl methyl sites for hydroxylation is 2. The summed E-state index contributed by atoms with van der Waals surface area (Å²) in [4.78, 5) is 5.52. The Morgan fingerprint density at radius 2 is 1.59 bits per heavy atom. The Morgan fingerprint density at radius 3 is 2.22 bits per heavy atom. The summed E-state index contributed by atoms with van der Waals surface area (Å²) < 4.78 is 41.6. The summed E-state index contributed by atoms with van der Waals surface area (Å²) in [6.07, 6.45) is 4.79. The number of pyridine rings is 1. The molecule has 7 nitrogen and oxygen atoms in total. The molecule has 0 N–H and O–H groups in total. The van der Waals surface area contributed by atoms with Crippen LogP contribution in [0.1, 0.15) is 42.9 Å². The summed E-state index contributed by atoms with van der Waals surface area (Å²) in [7, 11) is -2.16. The number of anilines is 1. The summed E-state index contributed by atoms with van der Waals surface area (Å²) in [6.45, 7) is 13.6. The lowest BCUT2D eigenvalue weighted by Gasteiger charge is -2.36. The summed E-state index contributed by atoms with van der Waals surface area (Å²) in [5, 5.41) is 0. The highest BCUT2D eigenvalue weighted by Gasteiger charge is 2.29. The van der Waals surface area contributed by atoms with E-state index in [-0.39, 0.29) is 10.8 Å². The maximum atomic E-state index is 14.0. The topological polar surface area (TPSA) is 63.5 Å². The standard InChI is InChI=1S/C33H41N3O4S/c1-24(2)30-23-36-22-25(3)32(39-5)26(4)31(36)33(30)41(37,38)29-14-12-28(13-15-29)40-21-9-16-34-17-19-35(20-18-34)27-10-7-6-8-11-27/h6-8,10-15,22-24H,9,16-21H2,1-5H3. The van der Waals surface area contributed by atoms with Crippen molar-refractivity contribution < 1.29 is 17.9 Å². The second-order valence-electron chi connectivity index (χ2n) is 11.1. The first kappa shape index (κ1) is 29.0. The molecular weight excluding hydrogens is 534 g/mol. The molecule has 0 radical (unpaired) electrons. The third-order valence-electron chi connectivity index (χ3n) is 8.01. The Labute approximate surface area is 244 Å². The Kier molecular flexibility index (Phi) is 8.61. The molecule has 218 valence electrons. The first-order valence-corrected chi connectivity index (χ1v) is 15.9. The molecule has 0 aliphatic carbocycles. The van der Waals surface area contributed by atoms with Crippen LogP contribution in [0.2, 0.25) is 0 Å². The molecule has 3 heterocycles. The van der Waals surface area contributed by atoms with Crippen molar-refractivity contribution in [2.75, 3.05) is 51.3 Å². The third-order valence-corrected chi connectivity index (χ3v) is 9.87. The molecule has 5 rings (SSSR count). The zero-order chi connectivity index (χ0) is 29.1. The predicted octanol–water partition coefficient (Wildman–Crippen LogP) is 6.11. The fourth-order valence-corrected chi connectivity index (χ4v) is 7.69. The van der Waals surface area contributed by atoms with E-state index in [4.69, 9.17) is 9.47 Å². The van der Waals surface area contributed by atoms with Crippen LogP contribution >= 0.6 is 0 Å². The number of para-hydroxylation sites is 1. The number of nitrogens with zero attached hydrogens (tertiary/aromatic N) is 3. The van der Waals surface area contributed by atoms with Crippen LogP contribution in [0.25, 0.3) is 5.52 Å². The zero-order valence-electron chi connectivity index (χ0n) is 24.8. The number of piperazine rings is 1. The van der Waals surface area contributed by atoms with E-state index in [0.717, 1.165) is 55.8 Å². The van der Waals surface area contributed by atoms with Crippen LogP contribution in [0.4, 0.5) is 5.69 Å². The number of benzene rings is 2. The van der Waals surface area contributed by atoms with Crippen molar-refractivity contribution in [3.63, 3.8) is 0 Å². The average molecular weight is 576 g/mol. The Hall–Kier alpha value is -3.49. The van der Waals surface area contributed by atoms with Gasteiger partial charge in [0, 0.05) is 61.9 Å². The Bertz CT molecular complexity index is 1590. The van der Waals surface area contributed by atoms with E-state index >= 15 is 0 Å². The Balaban J connectivity index is 1.23. The van der Waals surface area contributed by atoms with Crippen molar-refractivity contribution in [3.05, 3.63) is 83.7 Å². The van der Waals surface area contributed by atoms with Gasteiger partial charge in [0.15, 0.2) is 0 Å². The molecular formula is C33H41N3O4S. The molecule has 0 saturated carbocycles. The van der Waals surface area contributed by atoms with Crippen LogP contribution in [0, 0.1) is 13.8 Å². The maximum absolute atomic E-state index is 14.0. The second kappa shape index (κ2) is 12.2. The molecule has 8 heteroatoms. The lowest BCUT2D eigenvalue weighted by molar-refractivity contribution is 0.224. The van der Waals surface area contributed by atoms with Crippen LogP contribution < -0.4 is 14.4 Å². The summed E-state index contributed by atoms with van der Waals surface area (Å²) in [5.41, 5.74) is 4.53. The van der Waals surface area contributed by atoms with E-state index in [1.807, 2.05) is 44.5 Å². The number of ether oxygens (including phenoxy) is 2. The maximum Gasteiger partial charge on any atom is 0.209 e. The minimum absolute atomic E-state index is 0.0364. The lowest BCUT2D eigenvalue weighted by atomic mass is 10.1. The predicted molar refractivity (Wildman–Crippen MR) is 165 cm³/mol. The van der Waals surface area contributed by atoms with Gasteiger partial charge in [-0.05, 0) is 68.1 Å². The molecule has 4 aromatic rings. The highest BCUT2D eigenvalue weighted by atomic mass is 32.2. The van der Waals surface area contributed by atoms with Gasteiger partial charge >= 0.3 is 0 Å². The molecule has 1 aliphatic rings. The van der Waals surface area contributed by atoms with Crippen molar-refractivity contribution in [1.82, 2.24) is 9.30 Å². The van der Waals surface area contributed by atoms with E-state index in [2.05, 4.69) is 40.1 Å². The van der Waals surface area contributed by atoms with Crippen LogP contribution in [0.3, 0.4) is 0 Å². The minimum atomic E-state index is -3.78. The van der Waals surface area contributed by atoms with Crippen LogP contribution in [0.15, 0.2) is 76.8 Å². The smallest absolute Gasteiger partial charge is 0.209 e. The van der Waals surface area contributed by atoms with Crippen molar-refractivity contribution in [3.8, 4) is 11.5 Å². The molecule has 2 aromatic heterocycles. The van der Waals surface area contributed by atoms with E-state index in [0.29, 0.717) is 28.5 Å². The van der Waals surface area contributed by atoms with Gasteiger partial charge in [0.05, 0.1) is 24.1 Å². The van der Waals surface area contributed by atoms with Crippen molar-refractivity contribution in [2.24, 2.45) is 0 Å². The van der Waals surface area contributed by atoms with Gasteiger partial charge in [0.1, 0.15) is 16.4 Å². The van der Waals surface area contributed by atoms with Crippen LogP contribution in [-0.4, -0.2) is 64.2 Å². The number of hydrogen-bond donors (Lipinski definition) is 0. The van der Waals surface area contributed by atoms with E-state index in [1.165, 1.54) is 5.69 Å². The largest absolute Gasteiger partial charge is 0.496 e. The third kappa shape index (κ3) is 5.95. The number of fused-ring (bicyclic) bond motifs is 1. The number of hydrogen-bond acceptors (Lipinski definition) is 6. The average Bonchev–Trinajstić information content (AvgIpc) is 3.37. The second-order valence-corrected chi connectivity index (χ2v) is 13.0. The number of aromatic nitrogens is 1. The molecule has 1 saturated heterocycles. The lowest BCUT2D eigenvalue weighted by Crippen LogP contribution is -2.46. The van der Waals surface area contributed by atoms with Gasteiger partial charge in [0.2, 0.25) is 9.84 Å². The molecule has 2 aromatic carbocycles. The van der Waals surface area contributed by atoms with Crippen LogP contribution in [-0.2, 0) is 9.84 Å². The Morgan fingerprint density at radius 1 is 0.902 bits per heavy atom. The van der Waals surface area contributed by atoms with Gasteiger partial charge in [-0.1, -0.05) is 32.0 Å². The SMILES string of the molecule is COc1c(C)cn2cc(C(C)C)c(S(=O)(=O)c3ccc(OCCCN4CCN(c5ccccc5)CC4)cc3)c2c1C.